The van der Waals surface area contributed by atoms with Gasteiger partial charge in [0, 0.05) is 32.7 Å². The molecule has 0 spiro atoms. The predicted molar refractivity (Wildman–Crippen MR) is 128 cm³/mol. The molecule has 0 radical (unpaired) electrons. The first-order valence-corrected chi connectivity index (χ1v) is 12.8. The quantitative estimate of drug-likeness (QED) is 0.698. The number of para-hydroxylation sites is 1. The van der Waals surface area contributed by atoms with Gasteiger partial charge in [0.1, 0.15) is 11.9 Å². The smallest absolute Gasteiger partial charge is 0.257 e. The van der Waals surface area contributed by atoms with Crippen molar-refractivity contribution < 1.29 is 19.1 Å². The van der Waals surface area contributed by atoms with Crippen LogP contribution in [-0.2, 0) is 9.53 Å². The Bertz CT molecular complexity index is 795. The molecule has 1 saturated heterocycles. The minimum atomic E-state index is -0.0860. The number of amides is 2. The zero-order valence-electron chi connectivity index (χ0n) is 20.0. The molecule has 182 valence electrons. The van der Waals surface area contributed by atoms with E-state index < -0.39 is 0 Å². The van der Waals surface area contributed by atoms with Gasteiger partial charge in [-0.05, 0) is 57.6 Å². The van der Waals surface area contributed by atoms with Gasteiger partial charge < -0.3 is 19.3 Å². The van der Waals surface area contributed by atoms with Crippen LogP contribution >= 0.6 is 0 Å². The second-order valence-corrected chi connectivity index (χ2v) is 9.43. The molecule has 3 aliphatic rings. The molecule has 7 heteroatoms. The van der Waals surface area contributed by atoms with Gasteiger partial charge in [0.15, 0.2) is 0 Å². The molecule has 0 N–H and O–H groups in total. The third-order valence-corrected chi connectivity index (χ3v) is 7.24. The summed E-state index contributed by atoms with van der Waals surface area (Å²) >= 11 is 0. The molecule has 0 bridgehead atoms. The van der Waals surface area contributed by atoms with Gasteiger partial charge in [-0.3, -0.25) is 14.5 Å². The predicted octanol–water partition coefficient (Wildman–Crippen LogP) is 3.18. The molecule has 2 amide bonds. The van der Waals surface area contributed by atoms with E-state index in [0.717, 1.165) is 71.1 Å². The maximum Gasteiger partial charge on any atom is 0.257 e. The number of carbonyl (C=O) groups excluding carboxylic acids is 2. The van der Waals surface area contributed by atoms with Crippen molar-refractivity contribution in [2.45, 2.75) is 64.0 Å². The monoisotopic (exact) mass is 457 g/mol. The van der Waals surface area contributed by atoms with Gasteiger partial charge >= 0.3 is 0 Å². The van der Waals surface area contributed by atoms with Gasteiger partial charge in [-0.2, -0.15) is 0 Å². The fraction of sp³-hybridized carbons (Fsp3) is 0.692. The van der Waals surface area contributed by atoms with Crippen LogP contribution in [0.3, 0.4) is 0 Å². The molecule has 1 saturated carbocycles. The van der Waals surface area contributed by atoms with E-state index in [2.05, 4.69) is 9.80 Å². The first-order valence-electron chi connectivity index (χ1n) is 12.8. The van der Waals surface area contributed by atoms with Crippen molar-refractivity contribution in [3.63, 3.8) is 0 Å². The topological polar surface area (TPSA) is 62.3 Å². The lowest BCUT2D eigenvalue weighted by molar-refractivity contribution is -0.139. The molecule has 1 aliphatic carbocycles. The molecule has 1 aromatic rings. The number of nitrogens with zero attached hydrogens (tertiary/aromatic N) is 3. The lowest BCUT2D eigenvalue weighted by Crippen LogP contribution is -2.54. The largest absolute Gasteiger partial charge is 0.487 e. The first kappa shape index (κ1) is 24.0. The number of fused-ring (bicyclic) bond motifs is 2. The highest BCUT2D eigenvalue weighted by Crippen LogP contribution is 2.30. The van der Waals surface area contributed by atoms with E-state index in [4.69, 9.17) is 9.47 Å². The van der Waals surface area contributed by atoms with E-state index >= 15 is 0 Å². The molecule has 2 atom stereocenters. The van der Waals surface area contributed by atoms with E-state index in [9.17, 15) is 9.59 Å². The van der Waals surface area contributed by atoms with Crippen LogP contribution in [0.1, 0.15) is 62.2 Å². The summed E-state index contributed by atoms with van der Waals surface area (Å²) in [5, 5.41) is 0. The van der Waals surface area contributed by atoms with Crippen molar-refractivity contribution in [1.82, 2.24) is 14.7 Å². The van der Waals surface area contributed by atoms with Gasteiger partial charge in [0.25, 0.3) is 5.91 Å². The number of morpholine rings is 1. The van der Waals surface area contributed by atoms with Crippen LogP contribution in [0, 0.1) is 0 Å². The molecule has 0 unspecified atom stereocenters. The van der Waals surface area contributed by atoms with E-state index in [-0.39, 0.29) is 24.0 Å². The Kier molecular flexibility index (Phi) is 8.62. The molecule has 33 heavy (non-hydrogen) atoms. The average Bonchev–Trinajstić information content (AvgIpc) is 2.85. The summed E-state index contributed by atoms with van der Waals surface area (Å²) in [6, 6.07) is 7.67. The van der Waals surface area contributed by atoms with E-state index in [0.29, 0.717) is 37.6 Å². The van der Waals surface area contributed by atoms with Crippen LogP contribution in [0.4, 0.5) is 0 Å². The molecule has 1 aromatic carbocycles. The van der Waals surface area contributed by atoms with Crippen LogP contribution in [0.25, 0.3) is 0 Å². The summed E-state index contributed by atoms with van der Waals surface area (Å²) < 4.78 is 12.0. The average molecular weight is 458 g/mol. The molecular formula is C26H39N3O4. The Morgan fingerprint density at radius 3 is 2.55 bits per heavy atom. The van der Waals surface area contributed by atoms with E-state index in [1.165, 1.54) is 0 Å². The van der Waals surface area contributed by atoms with E-state index in [1.807, 2.05) is 36.1 Å². The standard InChI is InChI=1S/C26H39N3O4/c1-2-28-14-8-3-9-15-29(25(30)20-27-16-18-32-19-17-27)22-11-5-7-13-24(22)33-23-12-6-4-10-21(23)26(28)31/h4,6,10,12,22,24H,2-3,5,7-9,11,13-20H2,1H3/t22-,24+/m1/s1. The highest BCUT2D eigenvalue weighted by atomic mass is 16.5. The second kappa shape index (κ2) is 11.8. The number of benzene rings is 1. The maximum atomic E-state index is 13.5. The van der Waals surface area contributed by atoms with Crippen molar-refractivity contribution in [2.24, 2.45) is 0 Å². The van der Waals surface area contributed by atoms with Crippen molar-refractivity contribution in [2.75, 3.05) is 52.5 Å². The second-order valence-electron chi connectivity index (χ2n) is 9.43. The number of rotatable bonds is 3. The van der Waals surface area contributed by atoms with Gasteiger partial charge in [0.2, 0.25) is 5.91 Å². The summed E-state index contributed by atoms with van der Waals surface area (Å²) in [7, 11) is 0. The van der Waals surface area contributed by atoms with Crippen LogP contribution < -0.4 is 4.74 Å². The van der Waals surface area contributed by atoms with Crippen molar-refractivity contribution in [1.29, 1.82) is 0 Å². The fourth-order valence-electron chi connectivity index (χ4n) is 5.33. The Morgan fingerprint density at radius 1 is 0.970 bits per heavy atom. The number of hydrogen-bond donors (Lipinski definition) is 0. The Labute approximate surface area is 198 Å². The van der Waals surface area contributed by atoms with Gasteiger partial charge in [0.05, 0.1) is 31.4 Å². The van der Waals surface area contributed by atoms with Crippen LogP contribution in [0.2, 0.25) is 0 Å². The summed E-state index contributed by atoms with van der Waals surface area (Å²) in [4.78, 5) is 33.1. The normalized spacial score (nSPS) is 25.7. The lowest BCUT2D eigenvalue weighted by Gasteiger charge is -2.41. The minimum absolute atomic E-state index is 0.0416. The molecule has 0 aromatic heterocycles. The van der Waals surface area contributed by atoms with E-state index in [1.54, 1.807) is 0 Å². The summed E-state index contributed by atoms with van der Waals surface area (Å²) in [5.41, 5.74) is 0.633. The van der Waals surface area contributed by atoms with Crippen molar-refractivity contribution >= 4 is 11.8 Å². The lowest BCUT2D eigenvalue weighted by atomic mass is 9.90. The summed E-state index contributed by atoms with van der Waals surface area (Å²) in [6.07, 6.45) is 6.88. The van der Waals surface area contributed by atoms with Crippen LogP contribution in [0.15, 0.2) is 24.3 Å². The van der Waals surface area contributed by atoms with Crippen LogP contribution in [-0.4, -0.2) is 91.1 Å². The number of carbonyl (C=O) groups is 2. The SMILES string of the molecule is CCN1CCCCCN(C(=O)CN2CCOCC2)[C@@H]2CCCC[C@@H]2Oc2ccccc2C1=O. The zero-order valence-corrected chi connectivity index (χ0v) is 20.0. The highest BCUT2D eigenvalue weighted by Gasteiger charge is 2.35. The Morgan fingerprint density at radius 2 is 1.73 bits per heavy atom. The number of ether oxygens (including phenoxy) is 2. The molecule has 2 heterocycles. The van der Waals surface area contributed by atoms with Crippen molar-refractivity contribution in [3.8, 4) is 5.75 Å². The molecular weight excluding hydrogens is 418 g/mol. The molecule has 2 fully saturated rings. The summed E-state index contributed by atoms with van der Waals surface area (Å²) in [6.45, 7) is 7.67. The van der Waals surface area contributed by atoms with Crippen molar-refractivity contribution in [3.05, 3.63) is 29.8 Å². The highest BCUT2D eigenvalue weighted by molar-refractivity contribution is 5.97. The minimum Gasteiger partial charge on any atom is -0.487 e. The molecule has 7 nitrogen and oxygen atoms in total. The van der Waals surface area contributed by atoms with Gasteiger partial charge in [-0.25, -0.2) is 0 Å². The first-order chi connectivity index (χ1) is 16.2. The summed E-state index contributed by atoms with van der Waals surface area (Å²) in [5.74, 6) is 0.893. The van der Waals surface area contributed by atoms with Crippen LogP contribution in [0.5, 0.6) is 5.75 Å². The van der Waals surface area contributed by atoms with Gasteiger partial charge in [-0.1, -0.05) is 18.6 Å². The Balaban J connectivity index is 1.59. The zero-order chi connectivity index (χ0) is 23.0. The Hall–Kier alpha value is -2.12. The number of hydrogen-bond acceptors (Lipinski definition) is 5. The third kappa shape index (κ3) is 6.07. The maximum absolute atomic E-state index is 13.5. The molecule has 4 rings (SSSR count). The molecule has 2 aliphatic heterocycles. The van der Waals surface area contributed by atoms with Gasteiger partial charge in [-0.15, -0.1) is 0 Å². The fourth-order valence-corrected chi connectivity index (χ4v) is 5.33. The third-order valence-electron chi connectivity index (χ3n) is 7.24.